The van der Waals surface area contributed by atoms with Crippen LogP contribution in [0.2, 0.25) is 0 Å². The Morgan fingerprint density at radius 3 is 2.62 bits per heavy atom. The van der Waals surface area contributed by atoms with Crippen molar-refractivity contribution in [1.82, 2.24) is 14.8 Å². The fourth-order valence-electron chi connectivity index (χ4n) is 3.54. The summed E-state index contributed by atoms with van der Waals surface area (Å²) in [7, 11) is 0. The van der Waals surface area contributed by atoms with Gasteiger partial charge in [-0.15, -0.1) is 0 Å². The van der Waals surface area contributed by atoms with E-state index in [-0.39, 0.29) is 12.1 Å². The Hall–Kier alpha value is -2.62. The Morgan fingerprint density at radius 2 is 1.83 bits per heavy atom. The number of hydrogen-bond donors (Lipinski definition) is 1. The van der Waals surface area contributed by atoms with Crippen molar-refractivity contribution in [2.45, 2.75) is 39.3 Å². The van der Waals surface area contributed by atoms with Crippen LogP contribution in [0.25, 0.3) is 0 Å². The lowest BCUT2D eigenvalue weighted by molar-refractivity contribution is 0.429. The minimum atomic E-state index is 0.205. The Labute approximate surface area is 142 Å². The lowest BCUT2D eigenvalue weighted by atomic mass is 9.90. The van der Waals surface area contributed by atoms with Gasteiger partial charge in [-0.2, -0.15) is 10.1 Å². The zero-order chi connectivity index (χ0) is 16.7. The van der Waals surface area contributed by atoms with E-state index in [1.165, 1.54) is 27.8 Å². The monoisotopic (exact) mass is 318 g/mol. The highest BCUT2D eigenvalue weighted by molar-refractivity contribution is 5.41. The zero-order valence-electron chi connectivity index (χ0n) is 14.3. The van der Waals surface area contributed by atoms with E-state index in [9.17, 15) is 0 Å². The van der Waals surface area contributed by atoms with Gasteiger partial charge in [0.25, 0.3) is 0 Å². The minimum absolute atomic E-state index is 0.205. The van der Waals surface area contributed by atoms with Gasteiger partial charge >= 0.3 is 0 Å². The maximum atomic E-state index is 4.46. The van der Waals surface area contributed by atoms with Crippen LogP contribution in [0.1, 0.15) is 46.3 Å². The Morgan fingerprint density at radius 1 is 1.00 bits per heavy atom. The third-order valence-electron chi connectivity index (χ3n) is 5.11. The van der Waals surface area contributed by atoms with Crippen LogP contribution in [0.15, 0.2) is 48.8 Å². The van der Waals surface area contributed by atoms with Gasteiger partial charge in [-0.3, -0.25) is 0 Å². The van der Waals surface area contributed by atoms with Crippen LogP contribution >= 0.6 is 0 Å². The first kappa shape index (κ1) is 14.9. The van der Waals surface area contributed by atoms with E-state index in [2.05, 4.69) is 78.6 Å². The summed E-state index contributed by atoms with van der Waals surface area (Å²) in [6.45, 7) is 6.49. The molecule has 0 radical (unpaired) electrons. The van der Waals surface area contributed by atoms with Crippen molar-refractivity contribution in [2.24, 2.45) is 0 Å². The highest BCUT2D eigenvalue weighted by Crippen LogP contribution is 2.38. The first-order valence-electron chi connectivity index (χ1n) is 8.42. The summed E-state index contributed by atoms with van der Waals surface area (Å²) in [5, 5.41) is 8.01. The molecule has 4 rings (SSSR count). The summed E-state index contributed by atoms with van der Waals surface area (Å²) >= 11 is 0. The van der Waals surface area contributed by atoms with Crippen molar-refractivity contribution in [3.05, 3.63) is 76.6 Å². The molecule has 24 heavy (non-hydrogen) atoms. The smallest absolute Gasteiger partial charge is 0.222 e. The molecule has 0 fully saturated rings. The van der Waals surface area contributed by atoms with Crippen LogP contribution in [0, 0.1) is 20.8 Å². The third kappa shape index (κ3) is 2.48. The zero-order valence-corrected chi connectivity index (χ0v) is 14.3. The number of hydrogen-bond acceptors (Lipinski definition) is 3. The first-order valence-corrected chi connectivity index (χ1v) is 8.42. The molecule has 122 valence electrons. The van der Waals surface area contributed by atoms with Crippen molar-refractivity contribution >= 4 is 5.95 Å². The highest BCUT2D eigenvalue weighted by Gasteiger charge is 2.30. The molecule has 1 aliphatic heterocycles. The van der Waals surface area contributed by atoms with Crippen LogP contribution in [0.5, 0.6) is 0 Å². The second kappa shape index (κ2) is 5.78. The van der Waals surface area contributed by atoms with Crippen molar-refractivity contribution in [1.29, 1.82) is 0 Å². The molecule has 0 saturated heterocycles. The van der Waals surface area contributed by atoms with Crippen molar-refractivity contribution < 1.29 is 0 Å². The molecule has 2 atom stereocenters. The molecule has 4 heteroatoms. The lowest BCUT2D eigenvalue weighted by Crippen LogP contribution is -2.28. The third-order valence-corrected chi connectivity index (χ3v) is 5.11. The number of fused-ring (bicyclic) bond motifs is 1. The van der Waals surface area contributed by atoms with Crippen molar-refractivity contribution in [3.8, 4) is 0 Å². The van der Waals surface area contributed by atoms with Gasteiger partial charge in [0.2, 0.25) is 5.95 Å². The van der Waals surface area contributed by atoms with Crippen LogP contribution in [0.3, 0.4) is 0 Å². The number of benzene rings is 2. The molecule has 0 bridgehead atoms. The van der Waals surface area contributed by atoms with Gasteiger partial charge < -0.3 is 5.32 Å². The Kier molecular flexibility index (Phi) is 3.60. The standard InChI is InChI=1S/C20H22N4/c1-13-8-9-16(10-15(13)3)18-11-19(17-7-5-4-6-14(17)2)24-20(23-18)21-12-22-24/h4-10,12,18-19H,11H2,1-3H3,(H,21,22,23). The van der Waals surface area contributed by atoms with Crippen LogP contribution in [-0.2, 0) is 0 Å². The average molecular weight is 318 g/mol. The quantitative estimate of drug-likeness (QED) is 0.764. The summed E-state index contributed by atoms with van der Waals surface area (Å²) in [4.78, 5) is 4.42. The summed E-state index contributed by atoms with van der Waals surface area (Å²) in [6, 6.07) is 15.7. The van der Waals surface area contributed by atoms with Gasteiger partial charge in [0, 0.05) is 0 Å². The number of anilines is 1. The maximum absolute atomic E-state index is 4.46. The first-order chi connectivity index (χ1) is 11.6. The van der Waals surface area contributed by atoms with E-state index in [4.69, 9.17) is 0 Å². The van der Waals surface area contributed by atoms with E-state index in [1.54, 1.807) is 6.33 Å². The second-order valence-electron chi connectivity index (χ2n) is 6.68. The molecule has 2 aromatic carbocycles. The van der Waals surface area contributed by atoms with Gasteiger partial charge in [0.15, 0.2) is 0 Å². The number of aryl methyl sites for hydroxylation is 3. The normalized spacial score (nSPS) is 19.6. The molecule has 0 amide bonds. The molecule has 2 unspecified atom stereocenters. The van der Waals surface area contributed by atoms with Gasteiger partial charge in [-0.05, 0) is 55.0 Å². The Balaban J connectivity index is 1.76. The molecular formula is C20H22N4. The molecule has 2 heterocycles. The fraction of sp³-hybridized carbons (Fsp3) is 0.300. The summed E-state index contributed by atoms with van der Waals surface area (Å²) in [5.74, 6) is 0.845. The predicted octanol–water partition coefficient (Wildman–Crippen LogP) is 4.35. The molecule has 0 aliphatic carbocycles. The molecule has 0 saturated carbocycles. The predicted molar refractivity (Wildman–Crippen MR) is 96.2 cm³/mol. The lowest BCUT2D eigenvalue weighted by Gasteiger charge is -2.32. The molecule has 0 spiro atoms. The van der Waals surface area contributed by atoms with E-state index < -0.39 is 0 Å². The average Bonchev–Trinajstić information content (AvgIpc) is 3.05. The van der Waals surface area contributed by atoms with Gasteiger partial charge in [-0.1, -0.05) is 42.5 Å². The van der Waals surface area contributed by atoms with Crippen molar-refractivity contribution in [3.63, 3.8) is 0 Å². The molecular weight excluding hydrogens is 296 g/mol. The summed E-state index contributed by atoms with van der Waals surface area (Å²) in [5.41, 5.74) is 6.58. The summed E-state index contributed by atoms with van der Waals surface area (Å²) in [6.07, 6.45) is 2.60. The highest BCUT2D eigenvalue weighted by atomic mass is 15.4. The molecule has 1 aromatic heterocycles. The van der Waals surface area contributed by atoms with Crippen LogP contribution in [0.4, 0.5) is 5.95 Å². The van der Waals surface area contributed by atoms with Crippen LogP contribution < -0.4 is 5.32 Å². The fourth-order valence-corrected chi connectivity index (χ4v) is 3.54. The van der Waals surface area contributed by atoms with Crippen molar-refractivity contribution in [2.75, 3.05) is 5.32 Å². The molecule has 1 aliphatic rings. The number of nitrogens with zero attached hydrogens (tertiary/aromatic N) is 3. The van der Waals surface area contributed by atoms with Gasteiger partial charge in [-0.25, -0.2) is 4.68 Å². The number of rotatable bonds is 2. The number of aromatic nitrogens is 3. The maximum Gasteiger partial charge on any atom is 0.222 e. The van der Waals surface area contributed by atoms with Gasteiger partial charge in [0.1, 0.15) is 6.33 Å². The Bertz CT molecular complexity index is 881. The second-order valence-corrected chi connectivity index (χ2v) is 6.68. The largest absolute Gasteiger partial charge is 0.348 e. The van der Waals surface area contributed by atoms with Crippen LogP contribution in [-0.4, -0.2) is 14.8 Å². The molecule has 4 nitrogen and oxygen atoms in total. The SMILES string of the molecule is Cc1ccc(C2CC(c3ccccc3C)n3ncnc3N2)cc1C. The molecule has 3 aromatic rings. The topological polar surface area (TPSA) is 42.7 Å². The minimum Gasteiger partial charge on any atom is -0.348 e. The van der Waals surface area contributed by atoms with E-state index in [1.807, 2.05) is 4.68 Å². The van der Waals surface area contributed by atoms with E-state index in [0.717, 1.165) is 12.4 Å². The van der Waals surface area contributed by atoms with Gasteiger partial charge in [0.05, 0.1) is 12.1 Å². The van der Waals surface area contributed by atoms with E-state index in [0.29, 0.717) is 0 Å². The molecule has 1 N–H and O–H groups in total. The number of nitrogens with one attached hydrogen (secondary N) is 1. The van der Waals surface area contributed by atoms with E-state index >= 15 is 0 Å². The summed E-state index contributed by atoms with van der Waals surface area (Å²) < 4.78 is 2.01.